The van der Waals surface area contributed by atoms with E-state index >= 15 is 0 Å². The maximum atomic E-state index is 12.8. The second-order valence-electron chi connectivity index (χ2n) is 13.8. The molecule has 16 heteroatoms. The lowest BCUT2D eigenvalue weighted by Gasteiger charge is -2.50. The van der Waals surface area contributed by atoms with Gasteiger partial charge >= 0.3 is 5.97 Å². The Morgan fingerprint density at radius 3 is 1.62 bits per heavy atom. The molecule has 2 aromatic rings. The highest BCUT2D eigenvalue weighted by atomic mass is 16.8. The van der Waals surface area contributed by atoms with Crippen molar-refractivity contribution in [1.82, 2.24) is 0 Å². The molecule has 0 saturated carbocycles. The molecular weight excluding hydrogens is 736 g/mol. The standard InChI is InChI=1S/C40H58O16/c1-23-30(44-3)34(46-5)32(28(52-23)21-50-19-24-15-11-9-12-16-24)56-40-37(49-8)35(47-6)31(27(54-40)20-43-2)55-39-36(48-7)33(45-4)29(41)26(53-39)22-51-38(42)25-17-13-10-14-18-25/h9-18,23,26-37,39-41H,19-22H2,1-8H3/t23-,26-,27-,28?,29+,30?,31+,32+,33?,34+,35?,36?,37?,39+,40-/m0/s1. The third-order valence-electron chi connectivity index (χ3n) is 10.4. The van der Waals surface area contributed by atoms with Gasteiger partial charge in [0.25, 0.3) is 0 Å². The van der Waals surface area contributed by atoms with Gasteiger partial charge in [-0.2, -0.15) is 0 Å². The monoisotopic (exact) mass is 794 g/mol. The fraction of sp³-hybridized carbons (Fsp3) is 0.675. The van der Waals surface area contributed by atoms with E-state index in [4.69, 9.17) is 66.3 Å². The van der Waals surface area contributed by atoms with Gasteiger partial charge in [-0.25, -0.2) is 4.79 Å². The number of esters is 1. The van der Waals surface area contributed by atoms with Crippen molar-refractivity contribution < 1.29 is 76.2 Å². The molecule has 56 heavy (non-hydrogen) atoms. The predicted molar refractivity (Wildman–Crippen MR) is 197 cm³/mol. The summed E-state index contributed by atoms with van der Waals surface area (Å²) in [6, 6.07) is 18.3. The second kappa shape index (κ2) is 21.9. The highest BCUT2D eigenvalue weighted by molar-refractivity contribution is 5.89. The highest BCUT2D eigenvalue weighted by Gasteiger charge is 2.55. The minimum absolute atomic E-state index is 0.0514. The molecule has 0 bridgehead atoms. The second-order valence-corrected chi connectivity index (χ2v) is 13.8. The first-order chi connectivity index (χ1) is 27.2. The zero-order valence-electron chi connectivity index (χ0n) is 33.3. The molecule has 0 spiro atoms. The number of methoxy groups -OCH3 is 7. The van der Waals surface area contributed by atoms with Crippen LogP contribution in [0.3, 0.4) is 0 Å². The van der Waals surface area contributed by atoms with E-state index in [0.717, 1.165) is 5.56 Å². The van der Waals surface area contributed by atoms with Gasteiger partial charge in [-0.05, 0) is 24.6 Å². The molecule has 0 aliphatic carbocycles. The number of rotatable bonds is 19. The van der Waals surface area contributed by atoms with Crippen LogP contribution in [0.5, 0.6) is 0 Å². The van der Waals surface area contributed by atoms with Gasteiger partial charge in [-0.1, -0.05) is 48.5 Å². The Morgan fingerprint density at radius 1 is 0.571 bits per heavy atom. The fourth-order valence-electron chi connectivity index (χ4n) is 7.61. The first-order valence-corrected chi connectivity index (χ1v) is 18.7. The van der Waals surface area contributed by atoms with Crippen molar-refractivity contribution in [3.63, 3.8) is 0 Å². The van der Waals surface area contributed by atoms with Gasteiger partial charge in [0.1, 0.15) is 79.9 Å². The third-order valence-corrected chi connectivity index (χ3v) is 10.4. The number of benzene rings is 2. The molecule has 314 valence electrons. The number of carbonyl (C=O) groups excluding carboxylic acids is 1. The molecule has 6 unspecified atom stereocenters. The summed E-state index contributed by atoms with van der Waals surface area (Å²) < 4.78 is 85.4. The van der Waals surface area contributed by atoms with E-state index in [1.54, 1.807) is 44.6 Å². The summed E-state index contributed by atoms with van der Waals surface area (Å²) in [6.45, 7) is 2.24. The van der Waals surface area contributed by atoms with Crippen LogP contribution in [0.15, 0.2) is 60.7 Å². The van der Waals surface area contributed by atoms with Crippen LogP contribution in [-0.4, -0.2) is 173 Å². The summed E-state index contributed by atoms with van der Waals surface area (Å²) >= 11 is 0. The van der Waals surface area contributed by atoms with Crippen molar-refractivity contribution in [3.05, 3.63) is 71.8 Å². The number of aliphatic hydroxyl groups excluding tert-OH is 1. The number of aliphatic hydroxyl groups is 1. The lowest BCUT2D eigenvalue weighted by Crippen LogP contribution is -2.67. The predicted octanol–water partition coefficient (Wildman–Crippen LogP) is 2.17. The molecule has 1 N–H and O–H groups in total. The van der Waals surface area contributed by atoms with E-state index < -0.39 is 91.8 Å². The first kappa shape index (κ1) is 44.5. The molecule has 0 radical (unpaired) electrons. The lowest BCUT2D eigenvalue weighted by atomic mass is 9.94. The van der Waals surface area contributed by atoms with Crippen molar-refractivity contribution >= 4 is 5.97 Å². The summed E-state index contributed by atoms with van der Waals surface area (Å²) in [5.74, 6) is -0.577. The van der Waals surface area contributed by atoms with Crippen LogP contribution in [-0.2, 0) is 72.9 Å². The quantitative estimate of drug-likeness (QED) is 0.206. The van der Waals surface area contributed by atoms with Gasteiger partial charge in [0, 0.05) is 49.8 Å². The largest absolute Gasteiger partial charge is 0.459 e. The lowest BCUT2D eigenvalue weighted by molar-refractivity contribution is -0.379. The molecule has 0 aromatic heterocycles. The number of ether oxygens (including phenoxy) is 14. The molecule has 3 fully saturated rings. The van der Waals surface area contributed by atoms with Gasteiger partial charge in [-0.3, -0.25) is 0 Å². The number of hydrogen-bond acceptors (Lipinski definition) is 16. The van der Waals surface area contributed by atoms with E-state index in [-0.39, 0.29) is 25.9 Å². The minimum Gasteiger partial charge on any atom is -0.459 e. The average Bonchev–Trinajstić information content (AvgIpc) is 3.22. The van der Waals surface area contributed by atoms with Crippen LogP contribution in [0, 0.1) is 0 Å². The van der Waals surface area contributed by atoms with Crippen molar-refractivity contribution in [2.45, 2.75) is 105 Å². The molecule has 15 atom stereocenters. The molecule has 3 saturated heterocycles. The maximum Gasteiger partial charge on any atom is 0.338 e. The topological polar surface area (TPSA) is 167 Å². The Kier molecular flexibility index (Phi) is 17.4. The summed E-state index contributed by atoms with van der Waals surface area (Å²) in [5, 5.41) is 11.2. The molecular formula is C40H58O16. The van der Waals surface area contributed by atoms with Crippen molar-refractivity contribution in [3.8, 4) is 0 Å². The molecule has 3 aliphatic heterocycles. The minimum atomic E-state index is -1.23. The van der Waals surface area contributed by atoms with Crippen LogP contribution in [0.4, 0.5) is 0 Å². The van der Waals surface area contributed by atoms with E-state index in [0.29, 0.717) is 12.2 Å². The molecule has 0 amide bonds. The third kappa shape index (κ3) is 10.5. The van der Waals surface area contributed by atoms with Gasteiger partial charge in [0.05, 0.1) is 31.5 Å². The Balaban J connectivity index is 1.36. The molecule has 16 nitrogen and oxygen atoms in total. The zero-order chi connectivity index (χ0) is 40.2. The van der Waals surface area contributed by atoms with Gasteiger partial charge < -0.3 is 71.4 Å². The Morgan fingerprint density at radius 2 is 1.07 bits per heavy atom. The number of carbonyl (C=O) groups is 1. The highest BCUT2D eigenvalue weighted by Crippen LogP contribution is 2.36. The van der Waals surface area contributed by atoms with E-state index in [9.17, 15) is 9.90 Å². The van der Waals surface area contributed by atoms with Crippen LogP contribution >= 0.6 is 0 Å². The van der Waals surface area contributed by atoms with E-state index in [2.05, 4.69) is 0 Å². The molecule has 2 aromatic carbocycles. The first-order valence-electron chi connectivity index (χ1n) is 18.7. The zero-order valence-corrected chi connectivity index (χ0v) is 33.3. The molecule has 3 heterocycles. The molecule has 3 aliphatic rings. The van der Waals surface area contributed by atoms with Crippen LogP contribution in [0.1, 0.15) is 22.8 Å². The van der Waals surface area contributed by atoms with Crippen LogP contribution < -0.4 is 0 Å². The van der Waals surface area contributed by atoms with Crippen molar-refractivity contribution in [2.24, 2.45) is 0 Å². The van der Waals surface area contributed by atoms with E-state index in [1.165, 1.54) is 35.5 Å². The Labute approximate surface area is 328 Å². The Bertz CT molecular complexity index is 1420. The summed E-state index contributed by atoms with van der Waals surface area (Å²) in [7, 11) is 10.6. The van der Waals surface area contributed by atoms with E-state index in [1.807, 2.05) is 37.3 Å². The van der Waals surface area contributed by atoms with Crippen LogP contribution in [0.2, 0.25) is 0 Å². The summed E-state index contributed by atoms with van der Waals surface area (Å²) in [5.41, 5.74) is 1.37. The maximum absolute atomic E-state index is 12.8. The summed E-state index contributed by atoms with van der Waals surface area (Å²) in [4.78, 5) is 12.8. The Hall–Kier alpha value is -2.65. The van der Waals surface area contributed by atoms with Crippen LogP contribution in [0.25, 0.3) is 0 Å². The number of hydrogen-bond donors (Lipinski definition) is 1. The fourth-order valence-corrected chi connectivity index (χ4v) is 7.61. The van der Waals surface area contributed by atoms with Crippen molar-refractivity contribution in [2.75, 3.05) is 69.6 Å². The van der Waals surface area contributed by atoms with Gasteiger partial charge in [0.2, 0.25) is 0 Å². The summed E-state index contributed by atoms with van der Waals surface area (Å²) in [6.07, 6.45) is -12.4. The SMILES string of the molecule is COC[C@@H]1O[C@@H](O[C@@H]2C(COCc3ccccc3)O[C@@H](C)C(OC)[C@H]2OC)C(OC)C(OC)[C@@H]1O[C@H]1O[C@@H](COC(=O)c2ccccc2)[C@@H](O)C(OC)C1OC. The normalized spacial score (nSPS) is 36.3. The molecule has 5 rings (SSSR count). The van der Waals surface area contributed by atoms with Crippen molar-refractivity contribution in [1.29, 1.82) is 0 Å². The van der Waals surface area contributed by atoms with Gasteiger partial charge in [-0.15, -0.1) is 0 Å². The van der Waals surface area contributed by atoms with Gasteiger partial charge in [0.15, 0.2) is 12.6 Å². The average molecular weight is 795 g/mol. The smallest absolute Gasteiger partial charge is 0.338 e.